The van der Waals surface area contributed by atoms with E-state index in [2.05, 4.69) is 83.6 Å². The van der Waals surface area contributed by atoms with Crippen LogP contribution in [0.5, 0.6) is 0 Å². The van der Waals surface area contributed by atoms with E-state index in [1.54, 1.807) is 0 Å². The van der Waals surface area contributed by atoms with Gasteiger partial charge in [-0.3, -0.25) is 0 Å². The Hall–Kier alpha value is -0.770. The first-order valence-corrected chi connectivity index (χ1v) is 8.48. The van der Waals surface area contributed by atoms with Gasteiger partial charge in [0.15, 0.2) is 0 Å². The number of halogens is 1. The average molecular weight is 350 g/mol. The van der Waals surface area contributed by atoms with Crippen LogP contribution in [0, 0.1) is 5.92 Å². The van der Waals surface area contributed by atoms with Crippen LogP contribution in [0.1, 0.15) is 19.4 Å². The lowest BCUT2D eigenvalue weighted by Crippen LogP contribution is -2.19. The standard InChI is InChI=1S/C17H20BrNS/c1-13(2)11-19-12-14-6-3-4-9-17(14)20-16-8-5-7-15(18)10-16/h3-10,13,19H,11-12H2,1-2H3. The summed E-state index contributed by atoms with van der Waals surface area (Å²) in [5, 5.41) is 3.52. The van der Waals surface area contributed by atoms with E-state index in [-0.39, 0.29) is 0 Å². The lowest BCUT2D eigenvalue weighted by atomic mass is 10.2. The molecule has 2 aromatic rings. The topological polar surface area (TPSA) is 12.0 Å². The molecule has 0 aliphatic rings. The second kappa shape index (κ2) is 7.87. The molecule has 0 amide bonds. The van der Waals surface area contributed by atoms with E-state index in [9.17, 15) is 0 Å². The molecule has 2 aromatic carbocycles. The summed E-state index contributed by atoms with van der Waals surface area (Å²) in [6, 6.07) is 17.0. The molecule has 0 fully saturated rings. The summed E-state index contributed by atoms with van der Waals surface area (Å²) in [6.45, 7) is 6.44. The molecular weight excluding hydrogens is 330 g/mol. The Balaban J connectivity index is 2.07. The minimum Gasteiger partial charge on any atom is -0.312 e. The summed E-state index contributed by atoms with van der Waals surface area (Å²) < 4.78 is 1.12. The highest BCUT2D eigenvalue weighted by Crippen LogP contribution is 2.31. The summed E-state index contributed by atoms with van der Waals surface area (Å²) in [5.74, 6) is 0.680. The third kappa shape index (κ3) is 4.97. The van der Waals surface area contributed by atoms with Crippen molar-refractivity contribution >= 4 is 27.7 Å². The van der Waals surface area contributed by atoms with Gasteiger partial charge in [0, 0.05) is 20.8 Å². The third-order valence-corrected chi connectivity index (χ3v) is 4.47. The van der Waals surface area contributed by atoms with Crippen molar-refractivity contribution in [3.05, 3.63) is 58.6 Å². The zero-order valence-electron chi connectivity index (χ0n) is 11.9. The number of nitrogens with one attached hydrogen (secondary N) is 1. The molecule has 1 N–H and O–H groups in total. The van der Waals surface area contributed by atoms with E-state index in [0.29, 0.717) is 5.92 Å². The summed E-state index contributed by atoms with van der Waals surface area (Å²) >= 11 is 5.34. The van der Waals surface area contributed by atoms with E-state index >= 15 is 0 Å². The minimum atomic E-state index is 0.680. The van der Waals surface area contributed by atoms with Gasteiger partial charge in [0.2, 0.25) is 0 Å². The molecule has 0 spiro atoms. The Morgan fingerprint density at radius 1 is 1.10 bits per heavy atom. The summed E-state index contributed by atoms with van der Waals surface area (Å²) in [5.41, 5.74) is 1.36. The van der Waals surface area contributed by atoms with Gasteiger partial charge in [-0.05, 0) is 42.3 Å². The second-order valence-corrected chi connectivity index (χ2v) is 7.22. The van der Waals surface area contributed by atoms with Gasteiger partial charge in [0.25, 0.3) is 0 Å². The van der Waals surface area contributed by atoms with E-state index in [1.807, 2.05) is 11.8 Å². The van der Waals surface area contributed by atoms with Crippen molar-refractivity contribution in [3.8, 4) is 0 Å². The summed E-state index contributed by atoms with van der Waals surface area (Å²) in [4.78, 5) is 2.58. The van der Waals surface area contributed by atoms with Gasteiger partial charge in [0.1, 0.15) is 0 Å². The second-order valence-electron chi connectivity index (χ2n) is 5.19. The Bertz CT molecular complexity index is 554. The predicted octanol–water partition coefficient (Wildman–Crippen LogP) is 5.35. The quantitative estimate of drug-likeness (QED) is 0.754. The van der Waals surface area contributed by atoms with Crippen LogP contribution in [0.3, 0.4) is 0 Å². The zero-order valence-corrected chi connectivity index (χ0v) is 14.3. The summed E-state index contributed by atoms with van der Waals surface area (Å²) in [7, 11) is 0. The van der Waals surface area contributed by atoms with Crippen molar-refractivity contribution in [1.29, 1.82) is 0 Å². The van der Waals surface area contributed by atoms with Crippen molar-refractivity contribution in [2.45, 2.75) is 30.2 Å². The van der Waals surface area contributed by atoms with Gasteiger partial charge in [-0.2, -0.15) is 0 Å². The molecule has 0 unspecified atom stereocenters. The van der Waals surface area contributed by atoms with Gasteiger partial charge >= 0.3 is 0 Å². The highest BCUT2D eigenvalue weighted by Gasteiger charge is 2.04. The van der Waals surface area contributed by atoms with Crippen LogP contribution in [0.2, 0.25) is 0 Å². The maximum atomic E-state index is 3.53. The van der Waals surface area contributed by atoms with Gasteiger partial charge in [-0.15, -0.1) is 0 Å². The molecule has 0 aliphatic carbocycles. The van der Waals surface area contributed by atoms with E-state index in [4.69, 9.17) is 0 Å². The lowest BCUT2D eigenvalue weighted by Gasteiger charge is -2.11. The molecule has 1 nitrogen and oxygen atoms in total. The van der Waals surface area contributed by atoms with Gasteiger partial charge in [-0.25, -0.2) is 0 Å². The molecular formula is C17H20BrNS. The molecule has 0 saturated carbocycles. The SMILES string of the molecule is CC(C)CNCc1ccccc1Sc1cccc(Br)c1. The number of benzene rings is 2. The molecule has 0 radical (unpaired) electrons. The zero-order chi connectivity index (χ0) is 14.4. The largest absolute Gasteiger partial charge is 0.312 e. The monoisotopic (exact) mass is 349 g/mol. The van der Waals surface area contributed by atoms with Crippen molar-refractivity contribution in [2.75, 3.05) is 6.54 Å². The first-order valence-electron chi connectivity index (χ1n) is 6.87. The van der Waals surface area contributed by atoms with Crippen LogP contribution < -0.4 is 5.32 Å². The Morgan fingerprint density at radius 3 is 2.65 bits per heavy atom. The van der Waals surface area contributed by atoms with E-state index in [1.165, 1.54) is 15.4 Å². The maximum Gasteiger partial charge on any atom is 0.0216 e. The van der Waals surface area contributed by atoms with Crippen molar-refractivity contribution in [1.82, 2.24) is 5.32 Å². The summed E-state index contributed by atoms with van der Waals surface area (Å²) in [6.07, 6.45) is 0. The number of hydrogen-bond donors (Lipinski definition) is 1. The van der Waals surface area contributed by atoms with Gasteiger partial charge < -0.3 is 5.32 Å². The van der Waals surface area contributed by atoms with Gasteiger partial charge in [-0.1, -0.05) is 65.8 Å². The Morgan fingerprint density at radius 2 is 1.90 bits per heavy atom. The molecule has 0 aliphatic heterocycles. The molecule has 3 heteroatoms. The van der Waals surface area contributed by atoms with Crippen LogP contribution in [-0.2, 0) is 6.54 Å². The van der Waals surface area contributed by atoms with Crippen LogP contribution in [0.4, 0.5) is 0 Å². The Kier molecular flexibility index (Phi) is 6.14. The molecule has 2 rings (SSSR count). The van der Waals surface area contributed by atoms with Crippen molar-refractivity contribution in [2.24, 2.45) is 5.92 Å². The fourth-order valence-electron chi connectivity index (χ4n) is 1.90. The Labute approximate surface area is 134 Å². The predicted molar refractivity (Wildman–Crippen MR) is 91.3 cm³/mol. The van der Waals surface area contributed by atoms with Crippen LogP contribution >= 0.6 is 27.7 Å². The molecule has 20 heavy (non-hydrogen) atoms. The first kappa shape index (κ1) is 15.6. The first-order chi connectivity index (χ1) is 9.65. The molecule has 0 saturated heterocycles. The highest BCUT2D eigenvalue weighted by atomic mass is 79.9. The number of hydrogen-bond acceptors (Lipinski definition) is 2. The lowest BCUT2D eigenvalue weighted by molar-refractivity contribution is 0.550. The smallest absolute Gasteiger partial charge is 0.0216 e. The maximum absolute atomic E-state index is 3.53. The molecule has 0 atom stereocenters. The fourth-order valence-corrected chi connectivity index (χ4v) is 3.46. The van der Waals surface area contributed by atoms with Crippen LogP contribution in [0.15, 0.2) is 62.8 Å². The van der Waals surface area contributed by atoms with Crippen LogP contribution in [0.25, 0.3) is 0 Å². The highest BCUT2D eigenvalue weighted by molar-refractivity contribution is 9.10. The van der Waals surface area contributed by atoms with Gasteiger partial charge in [0.05, 0.1) is 0 Å². The van der Waals surface area contributed by atoms with E-state index in [0.717, 1.165) is 17.6 Å². The van der Waals surface area contributed by atoms with Crippen LogP contribution in [-0.4, -0.2) is 6.54 Å². The van der Waals surface area contributed by atoms with E-state index < -0.39 is 0 Å². The normalized spacial score (nSPS) is 11.0. The molecule has 106 valence electrons. The molecule has 0 heterocycles. The van der Waals surface area contributed by atoms with Crippen molar-refractivity contribution in [3.63, 3.8) is 0 Å². The number of rotatable bonds is 6. The minimum absolute atomic E-state index is 0.680. The molecule has 0 aromatic heterocycles. The average Bonchev–Trinajstić information content (AvgIpc) is 2.40. The third-order valence-electron chi connectivity index (χ3n) is 2.86. The van der Waals surface area contributed by atoms with Crippen molar-refractivity contribution < 1.29 is 0 Å². The molecule has 0 bridgehead atoms. The fraction of sp³-hybridized carbons (Fsp3) is 0.294.